The maximum Gasteiger partial charge on any atom is 0.407 e. The lowest BCUT2D eigenvalue weighted by atomic mass is 9.98. The number of hydrogen-bond acceptors (Lipinski definition) is 10. The van der Waals surface area contributed by atoms with Crippen LogP contribution in [0, 0.1) is 0 Å². The number of alkyl carbamates (subject to hydrolysis) is 1. The van der Waals surface area contributed by atoms with Gasteiger partial charge >= 0.3 is 12.1 Å². The van der Waals surface area contributed by atoms with Gasteiger partial charge in [-0.25, -0.2) is 4.79 Å². The van der Waals surface area contributed by atoms with Gasteiger partial charge in [-0.1, -0.05) is 108 Å². The standard InChI is InChI=1S/C41H39N3O9S2/c45-35(46)19-21-51-23-24-52-22-20-42-38(47)34(25-43-41(50)53-26-33-31-17-9-7-15-29(31)30-16-8-10-18-32(30)33)44-39(48)36(54-27-11-3-1-4-12-27)37(40(44)49)55-28-13-5-2-6-14-28/h1-18,33-34H,19-26H2,(H,42,47)(H,43,50)(H,45,46). The van der Waals surface area contributed by atoms with Crippen molar-refractivity contribution < 1.29 is 43.3 Å². The molecule has 3 N–H and O–H groups in total. The first kappa shape index (κ1) is 39.3. The molecule has 6 rings (SSSR count). The predicted octanol–water partition coefficient (Wildman–Crippen LogP) is 5.68. The average Bonchev–Trinajstić information content (AvgIpc) is 3.63. The lowest BCUT2D eigenvalue weighted by molar-refractivity contribution is -0.145. The van der Waals surface area contributed by atoms with Crippen LogP contribution in [0.2, 0.25) is 0 Å². The van der Waals surface area contributed by atoms with Crippen LogP contribution < -0.4 is 10.6 Å². The fourth-order valence-corrected chi connectivity index (χ4v) is 8.20. The first-order chi connectivity index (χ1) is 26.8. The van der Waals surface area contributed by atoms with Crippen LogP contribution >= 0.6 is 23.5 Å². The van der Waals surface area contributed by atoms with Gasteiger partial charge in [-0.05, 0) is 46.5 Å². The number of carbonyl (C=O) groups is 5. The van der Waals surface area contributed by atoms with Crippen LogP contribution in [0.5, 0.6) is 0 Å². The van der Waals surface area contributed by atoms with Crippen molar-refractivity contribution in [2.45, 2.75) is 28.2 Å². The highest BCUT2D eigenvalue weighted by atomic mass is 32.2. The molecule has 12 nitrogen and oxygen atoms in total. The van der Waals surface area contributed by atoms with Gasteiger partial charge in [0.05, 0.1) is 49.2 Å². The second-order valence-electron chi connectivity index (χ2n) is 12.4. The summed E-state index contributed by atoms with van der Waals surface area (Å²) in [7, 11) is 0. The van der Waals surface area contributed by atoms with E-state index in [4.69, 9.17) is 19.3 Å². The van der Waals surface area contributed by atoms with Gasteiger partial charge in [-0.15, -0.1) is 0 Å². The number of thioether (sulfide) groups is 2. The lowest BCUT2D eigenvalue weighted by Gasteiger charge is -2.26. The number of fused-ring (bicyclic) bond motifs is 3. The van der Waals surface area contributed by atoms with E-state index in [9.17, 15) is 24.0 Å². The summed E-state index contributed by atoms with van der Waals surface area (Å²) in [4.78, 5) is 68.8. The molecular formula is C41H39N3O9S2. The van der Waals surface area contributed by atoms with E-state index in [0.29, 0.717) is 0 Å². The fraction of sp³-hybridized carbons (Fsp3) is 0.244. The van der Waals surface area contributed by atoms with Gasteiger partial charge in [-0.3, -0.25) is 24.1 Å². The van der Waals surface area contributed by atoms with Crippen LogP contribution in [0.3, 0.4) is 0 Å². The molecule has 1 aliphatic carbocycles. The Morgan fingerprint density at radius 1 is 0.673 bits per heavy atom. The van der Waals surface area contributed by atoms with Crippen molar-refractivity contribution in [3.63, 3.8) is 0 Å². The first-order valence-electron chi connectivity index (χ1n) is 17.6. The van der Waals surface area contributed by atoms with Crippen LogP contribution in [0.1, 0.15) is 23.5 Å². The zero-order valence-corrected chi connectivity index (χ0v) is 31.3. The Bertz CT molecular complexity index is 1940. The third kappa shape index (κ3) is 10.0. The highest BCUT2D eigenvalue weighted by Gasteiger charge is 2.45. The molecule has 0 fully saturated rings. The quantitative estimate of drug-likeness (QED) is 0.0793. The Hall–Kier alpha value is -5.41. The second-order valence-corrected chi connectivity index (χ2v) is 14.5. The summed E-state index contributed by atoms with van der Waals surface area (Å²) >= 11 is 2.26. The van der Waals surface area contributed by atoms with Crippen LogP contribution in [-0.4, -0.2) is 92.0 Å². The summed E-state index contributed by atoms with van der Waals surface area (Å²) in [5.74, 6) is -3.17. The van der Waals surface area contributed by atoms with Crippen molar-refractivity contribution in [3.05, 3.63) is 130 Å². The van der Waals surface area contributed by atoms with Crippen molar-refractivity contribution >= 4 is 53.3 Å². The minimum atomic E-state index is -1.43. The molecule has 0 saturated heterocycles. The number of carboxylic acids is 1. The van der Waals surface area contributed by atoms with Crippen molar-refractivity contribution in [3.8, 4) is 11.1 Å². The van der Waals surface area contributed by atoms with E-state index < -0.39 is 42.4 Å². The number of hydrogen-bond donors (Lipinski definition) is 3. The van der Waals surface area contributed by atoms with E-state index in [2.05, 4.69) is 10.6 Å². The van der Waals surface area contributed by atoms with E-state index in [1.165, 1.54) is 0 Å². The van der Waals surface area contributed by atoms with Crippen molar-refractivity contribution in [1.29, 1.82) is 0 Å². The minimum Gasteiger partial charge on any atom is -0.481 e. The van der Waals surface area contributed by atoms with E-state index >= 15 is 0 Å². The van der Waals surface area contributed by atoms with E-state index in [0.717, 1.165) is 60.5 Å². The van der Waals surface area contributed by atoms with Gasteiger partial charge in [0, 0.05) is 22.3 Å². The Balaban J connectivity index is 1.15. The number of benzene rings is 4. The fourth-order valence-electron chi connectivity index (χ4n) is 6.16. The second kappa shape index (κ2) is 19.3. The molecule has 1 aliphatic heterocycles. The largest absolute Gasteiger partial charge is 0.481 e. The first-order valence-corrected chi connectivity index (χ1v) is 19.3. The predicted molar refractivity (Wildman–Crippen MR) is 207 cm³/mol. The summed E-state index contributed by atoms with van der Waals surface area (Å²) in [5, 5.41) is 14.1. The summed E-state index contributed by atoms with van der Waals surface area (Å²) in [5.41, 5.74) is 4.22. The van der Waals surface area contributed by atoms with E-state index in [1.54, 1.807) is 0 Å². The molecule has 1 atom stereocenters. The number of aliphatic carboxylic acids is 1. The molecule has 0 radical (unpaired) electrons. The highest BCUT2D eigenvalue weighted by Crippen LogP contribution is 2.45. The SMILES string of the molecule is O=C(O)CCOCCOCCNC(=O)C(CNC(=O)OCC1c2ccccc2-c2ccccc21)N1C(=O)C(Sc2ccccc2)=C(Sc2ccccc2)C1=O. The van der Waals surface area contributed by atoms with Crippen molar-refractivity contribution in [2.24, 2.45) is 0 Å². The molecule has 2 aliphatic rings. The molecule has 0 bridgehead atoms. The molecule has 4 amide bonds. The molecule has 284 valence electrons. The van der Waals surface area contributed by atoms with Crippen molar-refractivity contribution in [2.75, 3.05) is 46.1 Å². The average molecular weight is 782 g/mol. The Labute approximate surface area is 326 Å². The number of ether oxygens (including phenoxy) is 3. The van der Waals surface area contributed by atoms with Gasteiger partial charge in [0.2, 0.25) is 5.91 Å². The van der Waals surface area contributed by atoms with Crippen LogP contribution in [0.15, 0.2) is 129 Å². The number of nitrogens with one attached hydrogen (secondary N) is 2. The summed E-state index contributed by atoms with van der Waals surface area (Å²) in [6.07, 6.45) is -0.933. The summed E-state index contributed by atoms with van der Waals surface area (Å²) in [6, 6.07) is 32.7. The van der Waals surface area contributed by atoms with Crippen LogP contribution in [-0.2, 0) is 33.4 Å². The molecule has 1 unspecified atom stereocenters. The third-order valence-electron chi connectivity index (χ3n) is 8.73. The van der Waals surface area contributed by atoms with Gasteiger partial charge < -0.3 is 30.0 Å². The molecule has 0 aromatic heterocycles. The molecule has 4 aromatic rings. The molecule has 1 heterocycles. The zero-order chi connectivity index (χ0) is 38.6. The monoisotopic (exact) mass is 781 g/mol. The molecular weight excluding hydrogens is 743 g/mol. The highest BCUT2D eigenvalue weighted by molar-refractivity contribution is 8.08. The molecule has 0 saturated carbocycles. The Kier molecular flexibility index (Phi) is 13.8. The number of carboxylic acid groups (broad SMARTS) is 1. The van der Waals surface area contributed by atoms with Gasteiger partial charge in [-0.2, -0.15) is 0 Å². The molecule has 55 heavy (non-hydrogen) atoms. The van der Waals surface area contributed by atoms with Gasteiger partial charge in [0.15, 0.2) is 0 Å². The van der Waals surface area contributed by atoms with Gasteiger partial charge in [0.25, 0.3) is 11.8 Å². The molecule has 4 aromatic carbocycles. The summed E-state index contributed by atoms with van der Waals surface area (Å²) < 4.78 is 16.4. The maximum absolute atomic E-state index is 14.2. The van der Waals surface area contributed by atoms with Gasteiger partial charge in [0.1, 0.15) is 12.6 Å². The van der Waals surface area contributed by atoms with E-state index in [-0.39, 0.29) is 61.7 Å². The number of amides is 4. The third-order valence-corrected chi connectivity index (χ3v) is 11.0. The van der Waals surface area contributed by atoms with Crippen LogP contribution in [0.4, 0.5) is 4.79 Å². The molecule has 14 heteroatoms. The Morgan fingerprint density at radius 2 is 1.18 bits per heavy atom. The summed E-state index contributed by atoms with van der Waals surface area (Å²) in [6.45, 7) is 0.100. The number of carbonyl (C=O) groups excluding carboxylic acids is 4. The zero-order valence-electron chi connectivity index (χ0n) is 29.7. The van der Waals surface area contributed by atoms with Crippen molar-refractivity contribution in [1.82, 2.24) is 15.5 Å². The smallest absolute Gasteiger partial charge is 0.407 e. The number of nitrogens with zero attached hydrogens (tertiary/aromatic N) is 1. The van der Waals surface area contributed by atoms with E-state index in [1.807, 2.05) is 109 Å². The lowest BCUT2D eigenvalue weighted by Crippen LogP contribution is -2.55. The normalized spacial score (nSPS) is 14.1. The van der Waals surface area contributed by atoms with Crippen LogP contribution in [0.25, 0.3) is 11.1 Å². The Morgan fingerprint density at radius 3 is 1.73 bits per heavy atom. The number of imide groups is 1. The molecule has 0 spiro atoms. The minimum absolute atomic E-state index is 0.0241. The topological polar surface area (TPSA) is 161 Å². The number of rotatable bonds is 19. The maximum atomic E-state index is 14.2.